The van der Waals surface area contributed by atoms with Crippen LogP contribution in [-0.2, 0) is 4.79 Å². The number of nitrogens with zero attached hydrogens (tertiary/aromatic N) is 2. The second kappa shape index (κ2) is 6.55. The first-order valence-electron chi connectivity index (χ1n) is 7.12. The summed E-state index contributed by atoms with van der Waals surface area (Å²) in [4.78, 5) is 27.8. The molecule has 2 aromatic heterocycles. The Bertz CT molecular complexity index is 711. The lowest BCUT2D eigenvalue weighted by Gasteiger charge is -2.14. The Morgan fingerprint density at radius 2 is 2.18 bits per heavy atom. The van der Waals surface area contributed by atoms with Crippen molar-refractivity contribution < 1.29 is 19.1 Å². The first kappa shape index (κ1) is 15.9. The molecule has 1 amide bonds. The van der Waals surface area contributed by atoms with Gasteiger partial charge in [-0.15, -0.1) is 0 Å². The largest absolute Gasteiger partial charge is 0.480 e. The number of aliphatic carboxylic acids is 1. The second-order valence-corrected chi connectivity index (χ2v) is 5.13. The molecule has 0 spiro atoms. The van der Waals surface area contributed by atoms with Crippen molar-refractivity contribution in [3.05, 3.63) is 35.5 Å². The molecule has 0 aliphatic carbocycles. The SMILES string of the molecule is CCCCC(NC(=O)c1c(C)nc2ccc(F)cn12)C(=O)O. The zero-order chi connectivity index (χ0) is 16.3. The third-order valence-corrected chi connectivity index (χ3v) is 3.42. The van der Waals surface area contributed by atoms with E-state index in [-0.39, 0.29) is 5.69 Å². The molecule has 0 radical (unpaired) electrons. The van der Waals surface area contributed by atoms with Crippen LogP contribution in [0.5, 0.6) is 0 Å². The van der Waals surface area contributed by atoms with Crippen LogP contribution in [0, 0.1) is 12.7 Å². The molecule has 0 aliphatic rings. The Hall–Kier alpha value is -2.44. The standard InChI is InChI=1S/C15H18FN3O3/c1-3-4-5-11(15(21)22)18-14(20)13-9(2)17-12-7-6-10(16)8-19(12)13/h6-8,11H,3-5H2,1-2H3,(H,18,20)(H,21,22). The summed E-state index contributed by atoms with van der Waals surface area (Å²) in [5.74, 6) is -2.15. The first-order chi connectivity index (χ1) is 10.4. The number of aryl methyl sites for hydroxylation is 1. The molecule has 2 aromatic rings. The van der Waals surface area contributed by atoms with Crippen molar-refractivity contribution in [1.29, 1.82) is 0 Å². The quantitative estimate of drug-likeness (QED) is 0.856. The minimum Gasteiger partial charge on any atom is -0.480 e. The van der Waals surface area contributed by atoms with Gasteiger partial charge in [0.25, 0.3) is 5.91 Å². The van der Waals surface area contributed by atoms with Gasteiger partial charge in [0.05, 0.1) is 5.69 Å². The number of nitrogens with one attached hydrogen (secondary N) is 1. The molecule has 2 N–H and O–H groups in total. The number of carbonyl (C=O) groups is 2. The van der Waals surface area contributed by atoms with Gasteiger partial charge >= 0.3 is 5.97 Å². The fourth-order valence-corrected chi connectivity index (χ4v) is 2.30. The van der Waals surface area contributed by atoms with Gasteiger partial charge in [0.15, 0.2) is 0 Å². The molecule has 0 aliphatic heterocycles. The topological polar surface area (TPSA) is 83.7 Å². The van der Waals surface area contributed by atoms with Crippen LogP contribution >= 0.6 is 0 Å². The van der Waals surface area contributed by atoms with E-state index in [1.165, 1.54) is 16.5 Å². The van der Waals surface area contributed by atoms with Gasteiger partial charge < -0.3 is 10.4 Å². The second-order valence-electron chi connectivity index (χ2n) is 5.13. The van der Waals surface area contributed by atoms with Crippen molar-refractivity contribution in [2.24, 2.45) is 0 Å². The predicted octanol–water partition coefficient (Wildman–Crippen LogP) is 2.16. The third kappa shape index (κ3) is 3.24. The summed E-state index contributed by atoms with van der Waals surface area (Å²) >= 11 is 0. The molecule has 2 rings (SSSR count). The highest BCUT2D eigenvalue weighted by molar-refractivity contribution is 5.96. The first-order valence-corrected chi connectivity index (χ1v) is 7.12. The summed E-state index contributed by atoms with van der Waals surface area (Å²) in [5.41, 5.74) is 1.00. The van der Waals surface area contributed by atoms with Crippen molar-refractivity contribution in [3.63, 3.8) is 0 Å². The van der Waals surface area contributed by atoms with Crippen LogP contribution in [0.3, 0.4) is 0 Å². The molecule has 1 atom stereocenters. The van der Waals surface area contributed by atoms with Crippen LogP contribution in [0.15, 0.2) is 18.3 Å². The number of halogens is 1. The number of carbonyl (C=O) groups excluding carboxylic acids is 1. The van der Waals surface area contributed by atoms with Crippen LogP contribution in [0.2, 0.25) is 0 Å². The van der Waals surface area contributed by atoms with Crippen LogP contribution in [-0.4, -0.2) is 32.4 Å². The minimum absolute atomic E-state index is 0.150. The summed E-state index contributed by atoms with van der Waals surface area (Å²) in [6, 6.07) is 1.75. The molecule has 2 heterocycles. The van der Waals surface area contributed by atoms with Crippen LogP contribution in [0.25, 0.3) is 5.65 Å². The normalized spacial score (nSPS) is 12.3. The van der Waals surface area contributed by atoms with E-state index >= 15 is 0 Å². The Morgan fingerprint density at radius 1 is 1.45 bits per heavy atom. The number of carboxylic acids is 1. The lowest BCUT2D eigenvalue weighted by molar-refractivity contribution is -0.139. The van der Waals surface area contributed by atoms with Gasteiger partial charge in [0.2, 0.25) is 0 Å². The van der Waals surface area contributed by atoms with E-state index < -0.39 is 23.7 Å². The molecule has 0 bridgehead atoms. The van der Waals surface area contributed by atoms with Crippen LogP contribution in [0.4, 0.5) is 4.39 Å². The van der Waals surface area contributed by atoms with Crippen molar-refractivity contribution in [3.8, 4) is 0 Å². The number of fused-ring (bicyclic) bond motifs is 1. The summed E-state index contributed by atoms with van der Waals surface area (Å²) in [5, 5.41) is 11.7. The molecule has 6 nitrogen and oxygen atoms in total. The van der Waals surface area contributed by atoms with Crippen LogP contribution < -0.4 is 5.32 Å². The number of rotatable bonds is 6. The molecule has 0 aromatic carbocycles. The average molecular weight is 307 g/mol. The number of aromatic nitrogens is 2. The monoisotopic (exact) mass is 307 g/mol. The maximum atomic E-state index is 13.4. The van der Waals surface area contributed by atoms with Crippen molar-refractivity contribution in [2.45, 2.75) is 39.2 Å². The molecule has 0 saturated carbocycles. The lowest BCUT2D eigenvalue weighted by atomic mass is 10.1. The van der Waals surface area contributed by atoms with E-state index in [0.29, 0.717) is 24.2 Å². The molecule has 7 heteroatoms. The van der Waals surface area contributed by atoms with E-state index in [1.807, 2.05) is 6.92 Å². The average Bonchev–Trinajstić information content (AvgIpc) is 2.78. The number of pyridine rings is 1. The van der Waals surface area contributed by atoms with E-state index in [2.05, 4.69) is 10.3 Å². The molecule has 1 unspecified atom stereocenters. The van der Waals surface area contributed by atoms with Gasteiger partial charge in [-0.05, 0) is 25.5 Å². The molecular formula is C15H18FN3O3. The van der Waals surface area contributed by atoms with Crippen LogP contribution in [0.1, 0.15) is 42.4 Å². The Morgan fingerprint density at radius 3 is 2.82 bits per heavy atom. The van der Waals surface area contributed by atoms with Crippen molar-refractivity contribution in [1.82, 2.24) is 14.7 Å². The lowest BCUT2D eigenvalue weighted by Crippen LogP contribution is -2.41. The third-order valence-electron chi connectivity index (χ3n) is 3.42. The van der Waals surface area contributed by atoms with Crippen molar-refractivity contribution in [2.75, 3.05) is 0 Å². The van der Waals surface area contributed by atoms with Gasteiger partial charge in [0, 0.05) is 6.20 Å². The fraction of sp³-hybridized carbons (Fsp3) is 0.400. The number of hydrogen-bond acceptors (Lipinski definition) is 3. The Kier molecular flexibility index (Phi) is 4.75. The summed E-state index contributed by atoms with van der Waals surface area (Å²) in [7, 11) is 0. The van der Waals surface area contributed by atoms with E-state index in [0.717, 1.165) is 12.6 Å². The number of imidazole rings is 1. The van der Waals surface area contributed by atoms with Gasteiger partial charge in [0.1, 0.15) is 23.2 Å². The minimum atomic E-state index is -1.08. The number of unbranched alkanes of at least 4 members (excludes halogenated alkanes) is 1. The molecule has 22 heavy (non-hydrogen) atoms. The van der Waals surface area contributed by atoms with E-state index in [4.69, 9.17) is 0 Å². The smallest absolute Gasteiger partial charge is 0.326 e. The number of carboxylic acid groups (broad SMARTS) is 1. The summed E-state index contributed by atoms with van der Waals surface area (Å²) in [6.45, 7) is 3.57. The highest BCUT2D eigenvalue weighted by atomic mass is 19.1. The number of amides is 1. The summed E-state index contributed by atoms with van der Waals surface area (Å²) in [6.07, 6.45) is 3.03. The van der Waals surface area contributed by atoms with Gasteiger partial charge in [-0.3, -0.25) is 9.20 Å². The molecule has 0 fully saturated rings. The maximum absolute atomic E-state index is 13.4. The molecular weight excluding hydrogens is 289 g/mol. The van der Waals surface area contributed by atoms with Gasteiger partial charge in [-0.1, -0.05) is 19.8 Å². The summed E-state index contributed by atoms with van der Waals surface area (Å²) < 4.78 is 14.7. The molecule has 0 saturated heterocycles. The Balaban J connectivity index is 2.30. The maximum Gasteiger partial charge on any atom is 0.326 e. The highest BCUT2D eigenvalue weighted by Gasteiger charge is 2.23. The number of hydrogen-bond donors (Lipinski definition) is 2. The van der Waals surface area contributed by atoms with Crippen molar-refractivity contribution >= 4 is 17.5 Å². The van der Waals surface area contributed by atoms with Gasteiger partial charge in [-0.25, -0.2) is 14.2 Å². The van der Waals surface area contributed by atoms with E-state index in [9.17, 15) is 19.1 Å². The molecule has 118 valence electrons. The highest BCUT2D eigenvalue weighted by Crippen LogP contribution is 2.14. The van der Waals surface area contributed by atoms with Gasteiger partial charge in [-0.2, -0.15) is 0 Å². The predicted molar refractivity (Wildman–Crippen MR) is 78.3 cm³/mol. The zero-order valence-corrected chi connectivity index (χ0v) is 12.5. The Labute approximate surface area is 127 Å². The zero-order valence-electron chi connectivity index (χ0n) is 12.5. The fourth-order valence-electron chi connectivity index (χ4n) is 2.30. The van der Waals surface area contributed by atoms with E-state index in [1.54, 1.807) is 6.92 Å².